The summed E-state index contributed by atoms with van der Waals surface area (Å²) in [5.74, 6) is 1.83. The van der Waals surface area contributed by atoms with Gasteiger partial charge in [-0.3, -0.25) is 0 Å². The fraction of sp³-hybridized carbons (Fsp3) is 0.600. The van der Waals surface area contributed by atoms with Crippen molar-refractivity contribution in [2.45, 2.75) is 38.6 Å². The van der Waals surface area contributed by atoms with E-state index in [0.29, 0.717) is 6.04 Å². The second kappa shape index (κ2) is 6.06. The van der Waals surface area contributed by atoms with Gasteiger partial charge in [0.25, 0.3) is 0 Å². The molecule has 1 aromatic carbocycles. The molecular formula is C15H23NO. The number of benzene rings is 1. The van der Waals surface area contributed by atoms with Crippen LogP contribution in [0.4, 0.5) is 0 Å². The minimum Gasteiger partial charge on any atom is -0.497 e. The zero-order valence-corrected chi connectivity index (χ0v) is 10.9. The summed E-state index contributed by atoms with van der Waals surface area (Å²) in [6.07, 6.45) is 5.63. The molecule has 2 nitrogen and oxygen atoms in total. The summed E-state index contributed by atoms with van der Waals surface area (Å²) in [5.41, 5.74) is 1.31. The highest BCUT2D eigenvalue weighted by Gasteiger charge is 2.15. The van der Waals surface area contributed by atoms with Gasteiger partial charge in [0.15, 0.2) is 0 Å². The Bertz CT molecular complexity index is 345. The molecule has 1 atom stereocenters. The average molecular weight is 233 g/mol. The van der Waals surface area contributed by atoms with Gasteiger partial charge in [-0.2, -0.15) is 0 Å². The Morgan fingerprint density at radius 2 is 2.12 bits per heavy atom. The Hall–Kier alpha value is -1.02. The van der Waals surface area contributed by atoms with E-state index >= 15 is 0 Å². The fourth-order valence-electron chi connectivity index (χ4n) is 2.59. The molecule has 0 unspecified atom stereocenters. The SMILES string of the molecule is COc1cccc([C@H](C)NCC2CCCC2)c1. The molecule has 2 heteroatoms. The Labute approximate surface area is 104 Å². The van der Waals surface area contributed by atoms with Crippen LogP contribution in [0.1, 0.15) is 44.2 Å². The first-order valence-corrected chi connectivity index (χ1v) is 6.67. The minimum absolute atomic E-state index is 0.408. The molecule has 1 aliphatic carbocycles. The second-order valence-electron chi connectivity index (χ2n) is 5.06. The standard InChI is InChI=1S/C15H23NO/c1-12(16-11-13-6-3-4-7-13)14-8-5-9-15(10-14)17-2/h5,8-10,12-13,16H,3-4,6-7,11H2,1-2H3/t12-/m0/s1. The number of ether oxygens (including phenoxy) is 1. The summed E-state index contributed by atoms with van der Waals surface area (Å²) in [6.45, 7) is 3.38. The van der Waals surface area contributed by atoms with Crippen molar-refractivity contribution in [3.05, 3.63) is 29.8 Å². The van der Waals surface area contributed by atoms with Gasteiger partial charge in [0, 0.05) is 6.04 Å². The van der Waals surface area contributed by atoms with Gasteiger partial charge in [-0.15, -0.1) is 0 Å². The third-order valence-electron chi connectivity index (χ3n) is 3.78. The largest absolute Gasteiger partial charge is 0.497 e. The Morgan fingerprint density at radius 1 is 1.35 bits per heavy atom. The summed E-state index contributed by atoms with van der Waals surface area (Å²) in [4.78, 5) is 0. The lowest BCUT2D eigenvalue weighted by atomic mass is 10.1. The zero-order valence-electron chi connectivity index (χ0n) is 10.9. The van der Waals surface area contributed by atoms with Crippen LogP contribution in [0, 0.1) is 5.92 Å². The van der Waals surface area contributed by atoms with Crippen LogP contribution in [-0.2, 0) is 0 Å². The molecule has 94 valence electrons. The third-order valence-corrected chi connectivity index (χ3v) is 3.78. The molecule has 0 saturated heterocycles. The number of hydrogen-bond acceptors (Lipinski definition) is 2. The minimum atomic E-state index is 0.408. The van der Waals surface area contributed by atoms with Crippen molar-refractivity contribution in [1.29, 1.82) is 0 Å². The van der Waals surface area contributed by atoms with Crippen LogP contribution in [0.15, 0.2) is 24.3 Å². The lowest BCUT2D eigenvalue weighted by molar-refractivity contribution is 0.412. The van der Waals surface area contributed by atoms with E-state index in [2.05, 4.69) is 30.4 Å². The summed E-state index contributed by atoms with van der Waals surface area (Å²) >= 11 is 0. The third kappa shape index (κ3) is 3.47. The van der Waals surface area contributed by atoms with E-state index in [1.165, 1.54) is 31.2 Å². The zero-order chi connectivity index (χ0) is 12.1. The molecule has 0 amide bonds. The fourth-order valence-corrected chi connectivity index (χ4v) is 2.59. The van der Waals surface area contributed by atoms with Gasteiger partial charge in [0.05, 0.1) is 7.11 Å². The van der Waals surface area contributed by atoms with Gasteiger partial charge < -0.3 is 10.1 Å². The van der Waals surface area contributed by atoms with E-state index in [1.54, 1.807) is 7.11 Å². The van der Waals surface area contributed by atoms with Crippen LogP contribution in [0.3, 0.4) is 0 Å². The first-order chi connectivity index (χ1) is 8.29. The molecule has 0 heterocycles. The lowest BCUT2D eigenvalue weighted by Gasteiger charge is -2.18. The smallest absolute Gasteiger partial charge is 0.119 e. The Balaban J connectivity index is 1.87. The summed E-state index contributed by atoms with van der Waals surface area (Å²) in [5, 5.41) is 3.64. The highest BCUT2D eigenvalue weighted by atomic mass is 16.5. The van der Waals surface area contributed by atoms with Crippen LogP contribution in [0.25, 0.3) is 0 Å². The summed E-state index contributed by atoms with van der Waals surface area (Å²) < 4.78 is 5.26. The van der Waals surface area contributed by atoms with Crippen molar-refractivity contribution in [3.63, 3.8) is 0 Å². The van der Waals surface area contributed by atoms with Crippen LogP contribution in [-0.4, -0.2) is 13.7 Å². The topological polar surface area (TPSA) is 21.3 Å². The quantitative estimate of drug-likeness (QED) is 0.840. The monoisotopic (exact) mass is 233 g/mol. The highest BCUT2D eigenvalue weighted by Crippen LogP contribution is 2.25. The van der Waals surface area contributed by atoms with Gasteiger partial charge >= 0.3 is 0 Å². The van der Waals surface area contributed by atoms with E-state index in [0.717, 1.165) is 18.2 Å². The van der Waals surface area contributed by atoms with E-state index < -0.39 is 0 Å². The van der Waals surface area contributed by atoms with Crippen molar-refractivity contribution in [1.82, 2.24) is 5.32 Å². The van der Waals surface area contributed by atoms with Gasteiger partial charge in [0.1, 0.15) is 5.75 Å². The van der Waals surface area contributed by atoms with Crippen LogP contribution in [0.2, 0.25) is 0 Å². The number of hydrogen-bond donors (Lipinski definition) is 1. The molecule has 0 radical (unpaired) electrons. The van der Waals surface area contributed by atoms with E-state index in [1.807, 2.05) is 6.07 Å². The van der Waals surface area contributed by atoms with Gasteiger partial charge in [-0.1, -0.05) is 25.0 Å². The number of methoxy groups -OCH3 is 1. The highest BCUT2D eigenvalue weighted by molar-refractivity contribution is 5.30. The first-order valence-electron chi connectivity index (χ1n) is 6.67. The van der Waals surface area contributed by atoms with Crippen molar-refractivity contribution in [3.8, 4) is 5.75 Å². The van der Waals surface area contributed by atoms with Gasteiger partial charge in [0.2, 0.25) is 0 Å². The lowest BCUT2D eigenvalue weighted by Crippen LogP contribution is -2.24. The molecule has 0 aliphatic heterocycles. The maximum atomic E-state index is 5.26. The molecule has 17 heavy (non-hydrogen) atoms. The van der Waals surface area contributed by atoms with E-state index in [9.17, 15) is 0 Å². The van der Waals surface area contributed by atoms with Gasteiger partial charge in [-0.05, 0) is 49.9 Å². The van der Waals surface area contributed by atoms with E-state index in [4.69, 9.17) is 4.74 Å². The molecule has 2 rings (SSSR count). The predicted molar refractivity (Wildman–Crippen MR) is 71.4 cm³/mol. The van der Waals surface area contributed by atoms with Gasteiger partial charge in [-0.25, -0.2) is 0 Å². The number of rotatable bonds is 5. The Morgan fingerprint density at radius 3 is 2.82 bits per heavy atom. The van der Waals surface area contributed by atoms with Crippen molar-refractivity contribution in [2.75, 3.05) is 13.7 Å². The molecule has 0 spiro atoms. The van der Waals surface area contributed by atoms with Crippen molar-refractivity contribution >= 4 is 0 Å². The summed E-state index contributed by atoms with van der Waals surface area (Å²) in [6, 6.07) is 8.74. The van der Waals surface area contributed by atoms with Crippen LogP contribution >= 0.6 is 0 Å². The molecule has 0 aromatic heterocycles. The molecule has 1 aliphatic rings. The first kappa shape index (κ1) is 12.4. The molecular weight excluding hydrogens is 210 g/mol. The molecule has 1 saturated carbocycles. The predicted octanol–water partition coefficient (Wildman–Crippen LogP) is 3.54. The summed E-state index contributed by atoms with van der Waals surface area (Å²) in [7, 11) is 1.72. The Kier molecular flexibility index (Phi) is 4.43. The average Bonchev–Trinajstić information content (AvgIpc) is 2.89. The number of nitrogens with one attached hydrogen (secondary N) is 1. The second-order valence-corrected chi connectivity index (χ2v) is 5.06. The molecule has 0 bridgehead atoms. The van der Waals surface area contributed by atoms with E-state index in [-0.39, 0.29) is 0 Å². The van der Waals surface area contributed by atoms with Crippen LogP contribution < -0.4 is 10.1 Å². The normalized spacial score (nSPS) is 18.2. The molecule has 1 N–H and O–H groups in total. The van der Waals surface area contributed by atoms with Crippen molar-refractivity contribution in [2.24, 2.45) is 5.92 Å². The van der Waals surface area contributed by atoms with Crippen molar-refractivity contribution < 1.29 is 4.74 Å². The maximum absolute atomic E-state index is 5.26. The molecule has 1 aromatic rings. The maximum Gasteiger partial charge on any atom is 0.119 e. The molecule has 1 fully saturated rings. The van der Waals surface area contributed by atoms with Crippen LogP contribution in [0.5, 0.6) is 5.75 Å².